The van der Waals surface area contributed by atoms with Crippen molar-refractivity contribution >= 4 is 5.91 Å². The minimum Gasteiger partial charge on any atom is -0.506 e. The fraction of sp³-hybridized carbons (Fsp3) is 0.571. The maximum atomic E-state index is 11.8. The van der Waals surface area contributed by atoms with Gasteiger partial charge in [0.15, 0.2) is 0 Å². The fourth-order valence-electron chi connectivity index (χ4n) is 2.39. The average Bonchev–Trinajstić information content (AvgIpc) is 2.41. The molecule has 1 aromatic heterocycles. The predicted molar refractivity (Wildman–Crippen MR) is 73.1 cm³/mol. The minimum absolute atomic E-state index is 0.0166. The number of likely N-dealkylation sites (tertiary alicyclic amines) is 1. The lowest BCUT2D eigenvalue weighted by Crippen LogP contribution is -2.32. The van der Waals surface area contributed by atoms with Crippen molar-refractivity contribution < 1.29 is 9.90 Å². The third-order valence-electron chi connectivity index (χ3n) is 3.66. The van der Waals surface area contributed by atoms with Crippen LogP contribution in [-0.2, 0) is 0 Å². The predicted octanol–water partition coefficient (Wildman–Crippen LogP) is 1.25. The number of nitrogens with one attached hydrogen (secondary N) is 1. The van der Waals surface area contributed by atoms with E-state index in [1.165, 1.54) is 31.3 Å². The molecule has 2 heterocycles. The number of carbonyl (C=O) groups excluding carboxylic acids is 1. The van der Waals surface area contributed by atoms with E-state index in [-0.39, 0.29) is 11.7 Å². The zero-order valence-electron chi connectivity index (χ0n) is 11.3. The van der Waals surface area contributed by atoms with E-state index < -0.39 is 0 Å². The highest BCUT2D eigenvalue weighted by molar-refractivity contribution is 5.94. The van der Waals surface area contributed by atoms with Crippen molar-refractivity contribution in [2.24, 2.45) is 5.92 Å². The summed E-state index contributed by atoms with van der Waals surface area (Å²) in [4.78, 5) is 18.0. The summed E-state index contributed by atoms with van der Waals surface area (Å²) in [6, 6.07) is 1.43. The highest BCUT2D eigenvalue weighted by atomic mass is 16.3. The number of carbonyl (C=O) groups is 1. The van der Waals surface area contributed by atoms with Crippen molar-refractivity contribution in [3.8, 4) is 5.75 Å². The second-order valence-corrected chi connectivity index (χ2v) is 5.22. The van der Waals surface area contributed by atoms with Crippen LogP contribution >= 0.6 is 0 Å². The Kier molecular flexibility index (Phi) is 4.74. The Hall–Kier alpha value is -1.62. The largest absolute Gasteiger partial charge is 0.506 e. The molecule has 0 spiro atoms. The Morgan fingerprint density at radius 1 is 1.47 bits per heavy atom. The number of piperidine rings is 1. The number of aromatic hydroxyl groups is 1. The van der Waals surface area contributed by atoms with E-state index in [1.807, 2.05) is 0 Å². The van der Waals surface area contributed by atoms with Crippen molar-refractivity contribution in [1.82, 2.24) is 15.2 Å². The van der Waals surface area contributed by atoms with Crippen molar-refractivity contribution in [3.63, 3.8) is 0 Å². The number of hydrogen-bond donors (Lipinski definition) is 2. The number of hydrogen-bond acceptors (Lipinski definition) is 4. The van der Waals surface area contributed by atoms with Crippen LogP contribution in [-0.4, -0.2) is 47.6 Å². The summed E-state index contributed by atoms with van der Waals surface area (Å²) >= 11 is 0. The van der Waals surface area contributed by atoms with Gasteiger partial charge >= 0.3 is 0 Å². The van der Waals surface area contributed by atoms with Gasteiger partial charge in [0, 0.05) is 12.7 Å². The summed E-state index contributed by atoms with van der Waals surface area (Å²) in [7, 11) is 2.15. The van der Waals surface area contributed by atoms with Crippen molar-refractivity contribution in [3.05, 3.63) is 24.0 Å². The Morgan fingerprint density at radius 3 is 2.89 bits per heavy atom. The number of rotatable bonds is 4. The topological polar surface area (TPSA) is 65.5 Å². The molecule has 1 aliphatic heterocycles. The van der Waals surface area contributed by atoms with Crippen molar-refractivity contribution in [2.75, 3.05) is 26.7 Å². The van der Waals surface area contributed by atoms with Gasteiger partial charge in [-0.15, -0.1) is 0 Å². The lowest BCUT2D eigenvalue weighted by Gasteiger charge is -2.28. The van der Waals surface area contributed by atoms with E-state index in [0.29, 0.717) is 18.0 Å². The molecule has 1 amide bonds. The Morgan fingerprint density at radius 2 is 2.21 bits per heavy atom. The lowest BCUT2D eigenvalue weighted by molar-refractivity contribution is 0.0948. The monoisotopic (exact) mass is 263 g/mol. The van der Waals surface area contributed by atoms with Gasteiger partial charge in [-0.05, 0) is 51.4 Å². The quantitative estimate of drug-likeness (QED) is 0.858. The number of aromatic nitrogens is 1. The molecule has 0 unspecified atom stereocenters. The lowest BCUT2D eigenvalue weighted by atomic mass is 9.94. The van der Waals surface area contributed by atoms with E-state index in [4.69, 9.17) is 0 Å². The molecule has 1 saturated heterocycles. The van der Waals surface area contributed by atoms with E-state index in [9.17, 15) is 9.90 Å². The maximum Gasteiger partial charge on any atom is 0.252 e. The number of amides is 1. The molecule has 0 saturated carbocycles. The van der Waals surface area contributed by atoms with Crippen LogP contribution in [0.2, 0.25) is 0 Å². The molecule has 1 aromatic rings. The summed E-state index contributed by atoms with van der Waals surface area (Å²) in [6.45, 7) is 2.98. The molecule has 5 heteroatoms. The average molecular weight is 263 g/mol. The molecule has 0 radical (unpaired) electrons. The number of pyridine rings is 1. The van der Waals surface area contributed by atoms with Gasteiger partial charge in [-0.25, -0.2) is 0 Å². The van der Waals surface area contributed by atoms with Crippen LogP contribution in [0.5, 0.6) is 5.75 Å². The molecule has 2 N–H and O–H groups in total. The third kappa shape index (κ3) is 4.21. The molecule has 1 aliphatic rings. The van der Waals surface area contributed by atoms with Crippen molar-refractivity contribution in [2.45, 2.75) is 19.3 Å². The van der Waals surface area contributed by atoms with E-state index in [2.05, 4.69) is 22.2 Å². The normalized spacial score (nSPS) is 17.3. The fourth-order valence-corrected chi connectivity index (χ4v) is 2.39. The molecule has 0 atom stereocenters. The summed E-state index contributed by atoms with van der Waals surface area (Å²) in [5.41, 5.74) is 0.406. The zero-order chi connectivity index (χ0) is 13.7. The van der Waals surface area contributed by atoms with Crippen LogP contribution < -0.4 is 5.32 Å². The molecule has 19 heavy (non-hydrogen) atoms. The summed E-state index contributed by atoms with van der Waals surface area (Å²) in [5, 5.41) is 12.1. The summed E-state index contributed by atoms with van der Waals surface area (Å²) in [6.07, 6.45) is 6.21. The van der Waals surface area contributed by atoms with Crippen LogP contribution in [0.15, 0.2) is 18.5 Å². The van der Waals surface area contributed by atoms with Crippen LogP contribution in [0, 0.1) is 5.92 Å². The highest BCUT2D eigenvalue weighted by Gasteiger charge is 2.16. The van der Waals surface area contributed by atoms with Gasteiger partial charge < -0.3 is 15.3 Å². The van der Waals surface area contributed by atoms with Gasteiger partial charge in [0.25, 0.3) is 5.91 Å². The summed E-state index contributed by atoms with van der Waals surface area (Å²) < 4.78 is 0. The van der Waals surface area contributed by atoms with Crippen LogP contribution in [0.25, 0.3) is 0 Å². The van der Waals surface area contributed by atoms with E-state index in [0.717, 1.165) is 19.5 Å². The molecular weight excluding hydrogens is 242 g/mol. The molecule has 0 aromatic carbocycles. The van der Waals surface area contributed by atoms with Gasteiger partial charge in [-0.1, -0.05) is 0 Å². The SMILES string of the molecule is CN1CCC(CCNC(=O)c2cncc(O)c2)CC1. The third-order valence-corrected chi connectivity index (χ3v) is 3.66. The molecule has 0 bridgehead atoms. The maximum absolute atomic E-state index is 11.8. The summed E-state index contributed by atoms with van der Waals surface area (Å²) in [5.74, 6) is 0.554. The Balaban J connectivity index is 1.72. The van der Waals surface area contributed by atoms with Crippen molar-refractivity contribution in [1.29, 1.82) is 0 Å². The molecule has 5 nitrogen and oxygen atoms in total. The van der Waals surface area contributed by atoms with E-state index in [1.54, 1.807) is 0 Å². The molecular formula is C14H21N3O2. The standard InChI is InChI=1S/C14H21N3O2/c1-17-6-3-11(4-7-17)2-5-16-14(19)12-8-13(18)10-15-9-12/h8-11,18H,2-7H2,1H3,(H,16,19). The van der Waals surface area contributed by atoms with Crippen LogP contribution in [0.3, 0.4) is 0 Å². The van der Waals surface area contributed by atoms with Gasteiger partial charge in [0.05, 0.1) is 11.8 Å². The smallest absolute Gasteiger partial charge is 0.252 e. The Bertz CT molecular complexity index is 428. The first-order chi connectivity index (χ1) is 9.15. The highest BCUT2D eigenvalue weighted by Crippen LogP contribution is 2.18. The molecule has 1 fully saturated rings. The molecule has 2 rings (SSSR count). The second kappa shape index (κ2) is 6.52. The van der Waals surface area contributed by atoms with Gasteiger partial charge in [-0.3, -0.25) is 9.78 Å². The minimum atomic E-state index is -0.170. The first-order valence-electron chi connectivity index (χ1n) is 6.76. The van der Waals surface area contributed by atoms with Gasteiger partial charge in [-0.2, -0.15) is 0 Å². The Labute approximate surface area is 113 Å². The molecule has 104 valence electrons. The second-order valence-electron chi connectivity index (χ2n) is 5.22. The van der Waals surface area contributed by atoms with Gasteiger partial charge in [0.2, 0.25) is 0 Å². The van der Waals surface area contributed by atoms with Gasteiger partial charge in [0.1, 0.15) is 5.75 Å². The zero-order valence-corrected chi connectivity index (χ0v) is 11.3. The number of nitrogens with zero attached hydrogens (tertiary/aromatic N) is 2. The van der Waals surface area contributed by atoms with Crippen LogP contribution in [0.4, 0.5) is 0 Å². The van der Waals surface area contributed by atoms with Crippen LogP contribution in [0.1, 0.15) is 29.6 Å². The molecule has 0 aliphatic carbocycles. The van der Waals surface area contributed by atoms with E-state index >= 15 is 0 Å². The first kappa shape index (κ1) is 13.8. The first-order valence-corrected chi connectivity index (χ1v) is 6.76.